The molecule has 0 spiro atoms. The number of nitrogens with zero attached hydrogens (tertiary/aromatic N) is 1. The number of aliphatic carboxylic acids is 1. The molecule has 1 N–H and O–H groups in total. The van der Waals surface area contributed by atoms with E-state index in [9.17, 15) is 9.90 Å². The van der Waals surface area contributed by atoms with Crippen LogP contribution >= 0.6 is 0 Å². The lowest BCUT2D eigenvalue weighted by Gasteiger charge is -2.37. The summed E-state index contributed by atoms with van der Waals surface area (Å²) >= 11 is 0. The highest BCUT2D eigenvalue weighted by molar-refractivity contribution is 5.78. The molecule has 3 nitrogen and oxygen atoms in total. The zero-order chi connectivity index (χ0) is 14.8. The molecule has 2 rings (SSSR count). The second-order valence-corrected chi connectivity index (χ2v) is 5.90. The maximum Gasteiger partial charge on any atom is 0.323 e. The van der Waals surface area contributed by atoms with Crippen LogP contribution in [-0.4, -0.2) is 28.1 Å². The van der Waals surface area contributed by atoms with Crippen LogP contribution in [0.5, 0.6) is 0 Å². The molecule has 3 heteroatoms. The topological polar surface area (TPSA) is 40.5 Å². The van der Waals surface area contributed by atoms with E-state index >= 15 is 0 Å². The van der Waals surface area contributed by atoms with Gasteiger partial charge in [0.1, 0.15) is 5.54 Å². The Bertz CT molecular complexity index is 468. The summed E-state index contributed by atoms with van der Waals surface area (Å²) in [5.74, 6) is -0.696. The van der Waals surface area contributed by atoms with Gasteiger partial charge >= 0.3 is 5.97 Å². The van der Waals surface area contributed by atoms with Crippen LogP contribution in [0.3, 0.4) is 0 Å². The average molecular weight is 275 g/mol. The van der Waals surface area contributed by atoms with Gasteiger partial charge in [0.2, 0.25) is 0 Å². The molecule has 0 aromatic heterocycles. The molecule has 0 bridgehead atoms. The number of carboxylic acids is 1. The Kier molecular flexibility index (Phi) is 4.48. The van der Waals surface area contributed by atoms with Crippen molar-refractivity contribution in [2.75, 3.05) is 6.54 Å². The van der Waals surface area contributed by atoms with Crippen LogP contribution in [0.2, 0.25) is 0 Å². The highest BCUT2D eigenvalue weighted by Gasteiger charge is 2.46. The number of carboxylic acid groups (broad SMARTS) is 1. The molecule has 1 saturated heterocycles. The lowest BCUT2D eigenvalue weighted by molar-refractivity contribution is -0.150. The van der Waals surface area contributed by atoms with Crippen LogP contribution in [0.4, 0.5) is 0 Å². The van der Waals surface area contributed by atoms with Gasteiger partial charge in [0, 0.05) is 6.04 Å². The maximum atomic E-state index is 11.6. The van der Waals surface area contributed by atoms with E-state index in [4.69, 9.17) is 0 Å². The Morgan fingerprint density at radius 1 is 1.35 bits per heavy atom. The molecule has 2 atom stereocenters. The predicted molar refractivity (Wildman–Crippen MR) is 80.8 cm³/mol. The van der Waals surface area contributed by atoms with Crippen LogP contribution in [0.25, 0.3) is 0 Å². The highest BCUT2D eigenvalue weighted by Crippen LogP contribution is 2.38. The zero-order valence-corrected chi connectivity index (χ0v) is 12.7. The molecule has 110 valence electrons. The van der Waals surface area contributed by atoms with Crippen LogP contribution in [-0.2, 0) is 11.2 Å². The van der Waals surface area contributed by atoms with Crippen molar-refractivity contribution in [3.8, 4) is 0 Å². The first-order valence-corrected chi connectivity index (χ1v) is 7.62. The first kappa shape index (κ1) is 15.0. The second-order valence-electron chi connectivity index (χ2n) is 5.90. The van der Waals surface area contributed by atoms with Crippen molar-refractivity contribution in [2.45, 2.75) is 58.0 Å². The van der Waals surface area contributed by atoms with E-state index in [1.165, 1.54) is 11.1 Å². The molecule has 1 fully saturated rings. The van der Waals surface area contributed by atoms with Gasteiger partial charge in [0.25, 0.3) is 0 Å². The summed E-state index contributed by atoms with van der Waals surface area (Å²) in [6, 6.07) is 8.84. The molecule has 0 radical (unpaired) electrons. The highest BCUT2D eigenvalue weighted by atomic mass is 16.4. The third-order valence-corrected chi connectivity index (χ3v) is 4.69. The maximum absolute atomic E-state index is 11.6. The Hall–Kier alpha value is -1.35. The molecular formula is C17H25NO2. The molecule has 0 saturated carbocycles. The number of benzene rings is 1. The molecule has 20 heavy (non-hydrogen) atoms. The van der Waals surface area contributed by atoms with Crippen LogP contribution in [0, 0.1) is 0 Å². The van der Waals surface area contributed by atoms with E-state index in [1.54, 1.807) is 0 Å². The van der Waals surface area contributed by atoms with Gasteiger partial charge < -0.3 is 5.11 Å². The minimum absolute atomic E-state index is 0.199. The van der Waals surface area contributed by atoms with E-state index in [0.29, 0.717) is 0 Å². The number of aryl methyl sites for hydroxylation is 1. The first-order chi connectivity index (χ1) is 9.52. The van der Waals surface area contributed by atoms with Gasteiger partial charge in [-0.15, -0.1) is 0 Å². The molecule has 2 unspecified atom stereocenters. The number of rotatable bonds is 5. The molecule has 1 aliphatic rings. The summed E-state index contributed by atoms with van der Waals surface area (Å²) in [7, 11) is 0. The monoisotopic (exact) mass is 275 g/mol. The van der Waals surface area contributed by atoms with Gasteiger partial charge in [-0.3, -0.25) is 9.69 Å². The number of hydrogen-bond acceptors (Lipinski definition) is 2. The normalized spacial score (nSPS) is 24.8. The van der Waals surface area contributed by atoms with Gasteiger partial charge in [-0.05, 0) is 50.3 Å². The predicted octanol–water partition coefficient (Wildman–Crippen LogP) is 3.64. The standard InChI is InChI=1S/C17H25NO2/c1-4-13-7-9-14(10-8-13)15(5-2)18-12-6-11-17(18,3)16(19)20/h7-10,15H,4-6,11-12H2,1-3H3,(H,19,20). The molecule has 1 aromatic rings. The smallest absolute Gasteiger partial charge is 0.323 e. The molecule has 1 aromatic carbocycles. The van der Waals surface area contributed by atoms with Gasteiger partial charge in [0.15, 0.2) is 0 Å². The molecule has 1 aliphatic heterocycles. The number of likely N-dealkylation sites (tertiary alicyclic amines) is 1. The van der Waals surface area contributed by atoms with Crippen molar-refractivity contribution in [3.05, 3.63) is 35.4 Å². The van der Waals surface area contributed by atoms with E-state index in [2.05, 4.69) is 43.0 Å². The number of hydrogen-bond donors (Lipinski definition) is 1. The summed E-state index contributed by atoms with van der Waals surface area (Å²) in [4.78, 5) is 13.8. The molecular weight excluding hydrogens is 250 g/mol. The van der Waals surface area contributed by atoms with Crippen molar-refractivity contribution in [1.29, 1.82) is 0 Å². The average Bonchev–Trinajstić information content (AvgIpc) is 2.84. The van der Waals surface area contributed by atoms with Crippen LogP contribution in [0.1, 0.15) is 57.2 Å². The Morgan fingerprint density at radius 2 is 2.00 bits per heavy atom. The van der Waals surface area contributed by atoms with Gasteiger partial charge in [0.05, 0.1) is 0 Å². The molecule has 1 heterocycles. The minimum Gasteiger partial charge on any atom is -0.480 e. The Labute approximate surface area is 121 Å². The molecule has 0 amide bonds. The van der Waals surface area contributed by atoms with Crippen molar-refractivity contribution in [1.82, 2.24) is 4.90 Å². The number of carbonyl (C=O) groups is 1. The fraction of sp³-hybridized carbons (Fsp3) is 0.588. The van der Waals surface area contributed by atoms with Gasteiger partial charge in [-0.25, -0.2) is 0 Å². The zero-order valence-electron chi connectivity index (χ0n) is 12.7. The van der Waals surface area contributed by atoms with Crippen LogP contribution < -0.4 is 0 Å². The fourth-order valence-corrected chi connectivity index (χ4v) is 3.33. The Morgan fingerprint density at radius 3 is 2.50 bits per heavy atom. The summed E-state index contributed by atoms with van der Waals surface area (Å²) in [5, 5.41) is 9.57. The quantitative estimate of drug-likeness (QED) is 0.892. The SMILES string of the molecule is CCc1ccc(C(CC)N2CCCC2(C)C(=O)O)cc1. The Balaban J connectivity index is 2.29. The van der Waals surface area contributed by atoms with E-state index < -0.39 is 11.5 Å². The summed E-state index contributed by atoms with van der Waals surface area (Å²) in [6.07, 6.45) is 3.68. The van der Waals surface area contributed by atoms with E-state index in [-0.39, 0.29) is 6.04 Å². The minimum atomic E-state index is -0.718. The van der Waals surface area contributed by atoms with E-state index in [0.717, 1.165) is 32.2 Å². The van der Waals surface area contributed by atoms with Crippen molar-refractivity contribution in [2.24, 2.45) is 0 Å². The lowest BCUT2D eigenvalue weighted by atomic mass is 9.94. The third-order valence-electron chi connectivity index (χ3n) is 4.69. The van der Waals surface area contributed by atoms with Crippen molar-refractivity contribution in [3.63, 3.8) is 0 Å². The fourth-order valence-electron chi connectivity index (χ4n) is 3.33. The molecule has 0 aliphatic carbocycles. The summed E-state index contributed by atoms with van der Waals surface area (Å²) in [6.45, 7) is 7.02. The van der Waals surface area contributed by atoms with Crippen LogP contribution in [0.15, 0.2) is 24.3 Å². The van der Waals surface area contributed by atoms with Gasteiger partial charge in [-0.1, -0.05) is 38.1 Å². The summed E-state index contributed by atoms with van der Waals surface area (Å²) < 4.78 is 0. The van der Waals surface area contributed by atoms with E-state index in [1.807, 2.05) is 6.92 Å². The lowest BCUT2D eigenvalue weighted by Crippen LogP contribution is -2.49. The second kappa shape index (κ2) is 5.96. The summed E-state index contributed by atoms with van der Waals surface area (Å²) in [5.41, 5.74) is 1.84. The first-order valence-electron chi connectivity index (χ1n) is 7.62. The van der Waals surface area contributed by atoms with Gasteiger partial charge in [-0.2, -0.15) is 0 Å². The van der Waals surface area contributed by atoms with Crippen molar-refractivity contribution < 1.29 is 9.90 Å². The third kappa shape index (κ3) is 2.59. The van der Waals surface area contributed by atoms with Crippen molar-refractivity contribution >= 4 is 5.97 Å². The largest absolute Gasteiger partial charge is 0.480 e.